The summed E-state index contributed by atoms with van der Waals surface area (Å²) in [6.07, 6.45) is 3.55. The normalized spacial score (nSPS) is 16.0. The smallest absolute Gasteiger partial charge is 0.405 e. The quantitative estimate of drug-likeness (QED) is 0.632. The molecule has 29 heavy (non-hydrogen) atoms. The van der Waals surface area contributed by atoms with Gasteiger partial charge < -0.3 is 20.5 Å². The number of nitrogens with two attached hydrogens (primary N) is 1. The summed E-state index contributed by atoms with van der Waals surface area (Å²) in [7, 11) is 0. The molecule has 3 N–H and O–H groups in total. The molecule has 1 amide bonds. The van der Waals surface area contributed by atoms with Gasteiger partial charge >= 0.3 is 6.09 Å². The maximum Gasteiger partial charge on any atom is 0.405 e. The van der Waals surface area contributed by atoms with Gasteiger partial charge in [-0.25, -0.2) is 14.8 Å². The molecule has 0 aromatic carbocycles. The molecule has 1 aliphatic rings. The summed E-state index contributed by atoms with van der Waals surface area (Å²) in [6.45, 7) is 0.919. The van der Waals surface area contributed by atoms with Crippen molar-refractivity contribution in [1.29, 1.82) is 0 Å². The number of hydrogen-bond acceptors (Lipinski definition) is 7. The second-order valence-electron chi connectivity index (χ2n) is 7.02. The molecule has 0 aliphatic carbocycles. The van der Waals surface area contributed by atoms with Crippen LogP contribution in [0.1, 0.15) is 12.8 Å². The highest BCUT2D eigenvalue weighted by Crippen LogP contribution is 2.31. The summed E-state index contributed by atoms with van der Waals surface area (Å²) in [5.41, 5.74) is 6.56. The fourth-order valence-corrected chi connectivity index (χ4v) is 3.82. The lowest BCUT2D eigenvalue weighted by atomic mass is 9.92. The van der Waals surface area contributed by atoms with Gasteiger partial charge in [-0.2, -0.15) is 0 Å². The van der Waals surface area contributed by atoms with Crippen LogP contribution in [0.2, 0.25) is 5.15 Å². The zero-order valence-electron chi connectivity index (χ0n) is 15.6. The Balaban J connectivity index is 1.55. The second kappa shape index (κ2) is 7.81. The number of piperidine rings is 1. The average molecular weight is 414 g/mol. The minimum absolute atomic E-state index is 0.252. The monoisotopic (exact) mass is 413 g/mol. The van der Waals surface area contributed by atoms with Crippen molar-refractivity contribution in [3.63, 3.8) is 0 Å². The van der Waals surface area contributed by atoms with Gasteiger partial charge in [-0.1, -0.05) is 11.6 Å². The van der Waals surface area contributed by atoms with Gasteiger partial charge in [0.1, 0.15) is 16.6 Å². The SMILES string of the molecule is NC(=O)OC1(CO)CCN(c2ccc(-c3nc(Cl)cc4ncccc34)cn2)CC1. The third-order valence-electron chi connectivity index (χ3n) is 5.19. The van der Waals surface area contributed by atoms with Crippen LogP contribution < -0.4 is 10.6 Å². The fourth-order valence-electron chi connectivity index (χ4n) is 3.63. The first-order valence-corrected chi connectivity index (χ1v) is 9.59. The number of amides is 1. The summed E-state index contributed by atoms with van der Waals surface area (Å²) < 4.78 is 5.16. The third kappa shape index (κ3) is 3.94. The Labute approximate surface area is 172 Å². The maximum absolute atomic E-state index is 11.1. The van der Waals surface area contributed by atoms with Gasteiger partial charge in [0.05, 0.1) is 17.8 Å². The van der Waals surface area contributed by atoms with Crippen LogP contribution in [0.15, 0.2) is 42.7 Å². The second-order valence-corrected chi connectivity index (χ2v) is 7.41. The molecule has 0 atom stereocenters. The van der Waals surface area contributed by atoms with E-state index in [2.05, 4.69) is 19.9 Å². The van der Waals surface area contributed by atoms with Crippen molar-refractivity contribution in [2.75, 3.05) is 24.6 Å². The largest absolute Gasteiger partial charge is 0.440 e. The fraction of sp³-hybridized carbons (Fsp3) is 0.300. The highest BCUT2D eigenvalue weighted by Gasteiger charge is 2.37. The summed E-state index contributed by atoms with van der Waals surface area (Å²) in [5, 5.41) is 10.9. The molecule has 1 fully saturated rings. The molecule has 0 radical (unpaired) electrons. The van der Waals surface area contributed by atoms with Crippen molar-refractivity contribution < 1.29 is 14.6 Å². The van der Waals surface area contributed by atoms with Crippen LogP contribution in [0.25, 0.3) is 22.2 Å². The summed E-state index contributed by atoms with van der Waals surface area (Å²) in [5.74, 6) is 0.795. The van der Waals surface area contributed by atoms with Gasteiger partial charge in [-0.05, 0) is 24.3 Å². The van der Waals surface area contributed by atoms with E-state index in [0.29, 0.717) is 31.1 Å². The van der Waals surface area contributed by atoms with E-state index in [1.165, 1.54) is 0 Å². The molecule has 3 aromatic rings. The summed E-state index contributed by atoms with van der Waals surface area (Å²) in [6, 6.07) is 9.41. The van der Waals surface area contributed by atoms with E-state index in [4.69, 9.17) is 22.1 Å². The van der Waals surface area contributed by atoms with Crippen molar-refractivity contribution in [3.8, 4) is 11.3 Å². The Morgan fingerprint density at radius 3 is 2.72 bits per heavy atom. The summed E-state index contributed by atoms with van der Waals surface area (Å²) >= 11 is 6.16. The van der Waals surface area contributed by atoms with Crippen molar-refractivity contribution in [1.82, 2.24) is 15.0 Å². The number of halogens is 1. The molecule has 0 bridgehead atoms. The molecular weight excluding hydrogens is 394 g/mol. The standard InChI is InChI=1S/C20H20ClN5O3/c21-16-10-15-14(2-1-7-23-15)18(25-16)13-3-4-17(24-11-13)26-8-5-20(12-27,6-9-26)29-19(22)28/h1-4,7,10-11,27H,5-6,8-9,12H2,(H2,22,28). The minimum Gasteiger partial charge on any atom is -0.440 e. The number of carbonyl (C=O) groups excluding carboxylic acids is 1. The Morgan fingerprint density at radius 2 is 2.07 bits per heavy atom. The molecular formula is C20H20ClN5O3. The molecule has 0 saturated carbocycles. The van der Waals surface area contributed by atoms with Crippen LogP contribution in [-0.2, 0) is 4.74 Å². The number of rotatable bonds is 4. The number of anilines is 1. The summed E-state index contributed by atoms with van der Waals surface area (Å²) in [4.78, 5) is 26.6. The molecule has 1 aliphatic heterocycles. The molecule has 8 nitrogen and oxygen atoms in total. The van der Waals surface area contributed by atoms with Crippen LogP contribution in [0.3, 0.4) is 0 Å². The maximum atomic E-state index is 11.1. The number of aromatic nitrogens is 3. The van der Waals surface area contributed by atoms with Crippen molar-refractivity contribution in [2.45, 2.75) is 18.4 Å². The van der Waals surface area contributed by atoms with E-state index >= 15 is 0 Å². The Hall–Kier alpha value is -2.97. The van der Waals surface area contributed by atoms with Crippen molar-refractivity contribution >= 4 is 34.4 Å². The van der Waals surface area contributed by atoms with E-state index in [0.717, 1.165) is 28.0 Å². The topological polar surface area (TPSA) is 114 Å². The van der Waals surface area contributed by atoms with E-state index < -0.39 is 11.7 Å². The first-order valence-electron chi connectivity index (χ1n) is 9.22. The third-order valence-corrected chi connectivity index (χ3v) is 5.39. The number of nitrogens with zero attached hydrogens (tertiary/aromatic N) is 4. The van der Waals surface area contributed by atoms with Gasteiger partial charge in [0.15, 0.2) is 0 Å². The van der Waals surface area contributed by atoms with E-state index in [1.807, 2.05) is 24.3 Å². The Kier molecular flexibility index (Phi) is 5.21. The number of fused-ring (bicyclic) bond motifs is 1. The van der Waals surface area contributed by atoms with E-state index in [1.54, 1.807) is 18.5 Å². The number of ether oxygens (including phenoxy) is 1. The lowest BCUT2D eigenvalue weighted by Gasteiger charge is -2.40. The van der Waals surface area contributed by atoms with Gasteiger partial charge in [0, 0.05) is 55.3 Å². The molecule has 0 unspecified atom stereocenters. The van der Waals surface area contributed by atoms with Crippen molar-refractivity contribution in [3.05, 3.63) is 47.9 Å². The van der Waals surface area contributed by atoms with E-state index in [9.17, 15) is 9.90 Å². The molecule has 150 valence electrons. The first kappa shape index (κ1) is 19.4. The zero-order valence-corrected chi connectivity index (χ0v) is 16.3. The molecule has 1 saturated heterocycles. The molecule has 9 heteroatoms. The van der Waals surface area contributed by atoms with Crippen LogP contribution >= 0.6 is 11.6 Å². The number of pyridine rings is 3. The average Bonchev–Trinajstić information content (AvgIpc) is 2.73. The number of carbonyl (C=O) groups is 1. The molecule has 0 spiro atoms. The van der Waals surface area contributed by atoms with Gasteiger partial charge in [0.2, 0.25) is 0 Å². The van der Waals surface area contributed by atoms with E-state index in [-0.39, 0.29) is 6.61 Å². The zero-order chi connectivity index (χ0) is 20.4. The first-order chi connectivity index (χ1) is 14.0. The van der Waals surface area contributed by atoms with Crippen LogP contribution in [-0.4, -0.2) is 51.4 Å². The number of aliphatic hydroxyl groups is 1. The number of hydrogen-bond donors (Lipinski definition) is 2. The van der Waals surface area contributed by atoms with Crippen LogP contribution in [0.5, 0.6) is 0 Å². The predicted molar refractivity (Wildman–Crippen MR) is 110 cm³/mol. The highest BCUT2D eigenvalue weighted by molar-refractivity contribution is 6.30. The van der Waals surface area contributed by atoms with Gasteiger partial charge in [-0.3, -0.25) is 4.98 Å². The van der Waals surface area contributed by atoms with Gasteiger partial charge in [0.25, 0.3) is 0 Å². The van der Waals surface area contributed by atoms with Crippen LogP contribution in [0, 0.1) is 0 Å². The Morgan fingerprint density at radius 1 is 1.28 bits per heavy atom. The minimum atomic E-state index is -0.918. The van der Waals surface area contributed by atoms with Crippen molar-refractivity contribution in [2.24, 2.45) is 5.73 Å². The lowest BCUT2D eigenvalue weighted by Crippen LogP contribution is -2.50. The lowest BCUT2D eigenvalue weighted by molar-refractivity contribution is -0.0422. The number of aliphatic hydroxyl groups excluding tert-OH is 1. The highest BCUT2D eigenvalue weighted by atomic mass is 35.5. The predicted octanol–water partition coefficient (Wildman–Crippen LogP) is 2.77. The number of primary amides is 1. The molecule has 3 aromatic heterocycles. The Bertz CT molecular complexity index is 1040. The molecule has 4 heterocycles. The molecule has 4 rings (SSSR count). The van der Waals surface area contributed by atoms with Gasteiger partial charge in [-0.15, -0.1) is 0 Å². The van der Waals surface area contributed by atoms with Crippen LogP contribution in [0.4, 0.5) is 10.6 Å².